The third-order valence-electron chi connectivity index (χ3n) is 3.87. The van der Waals surface area contributed by atoms with Gasteiger partial charge in [0, 0.05) is 12.1 Å². The predicted octanol–water partition coefficient (Wildman–Crippen LogP) is 3.41. The van der Waals surface area contributed by atoms with Gasteiger partial charge < -0.3 is 5.73 Å². The van der Waals surface area contributed by atoms with Crippen molar-refractivity contribution in [3.8, 4) is 11.1 Å². The van der Waals surface area contributed by atoms with E-state index in [9.17, 15) is 0 Å². The predicted molar refractivity (Wildman–Crippen MR) is 89.6 cm³/mol. The van der Waals surface area contributed by atoms with Crippen LogP contribution in [0.1, 0.15) is 12.5 Å². The number of aliphatic imine (C=N–C) groups is 1. The fourth-order valence-corrected chi connectivity index (χ4v) is 2.68. The summed E-state index contributed by atoms with van der Waals surface area (Å²) in [6, 6.07) is 16.0. The molecule has 1 heterocycles. The average Bonchev–Trinajstić information content (AvgIpc) is 2.52. The van der Waals surface area contributed by atoms with Crippen molar-refractivity contribution < 1.29 is 4.84 Å². The van der Waals surface area contributed by atoms with Gasteiger partial charge in [-0.1, -0.05) is 41.9 Å². The maximum atomic E-state index is 6.08. The van der Waals surface area contributed by atoms with E-state index in [0.29, 0.717) is 12.6 Å². The van der Waals surface area contributed by atoms with Crippen molar-refractivity contribution in [1.82, 2.24) is 5.06 Å². The molecule has 2 N–H and O–H groups in total. The molecule has 114 valence electrons. The third kappa shape index (κ3) is 2.80. The quantitative estimate of drug-likeness (QED) is 0.924. The number of rotatable bonds is 2. The summed E-state index contributed by atoms with van der Waals surface area (Å²) < 4.78 is 0. The highest BCUT2D eigenvalue weighted by atomic mass is 35.5. The summed E-state index contributed by atoms with van der Waals surface area (Å²) in [6.07, 6.45) is 0. The van der Waals surface area contributed by atoms with Gasteiger partial charge in [-0.15, -0.1) is 0 Å². The zero-order valence-electron chi connectivity index (χ0n) is 12.6. The van der Waals surface area contributed by atoms with Crippen LogP contribution in [-0.4, -0.2) is 24.7 Å². The summed E-state index contributed by atoms with van der Waals surface area (Å²) in [6.45, 7) is 2.47. The van der Waals surface area contributed by atoms with Gasteiger partial charge >= 0.3 is 0 Å². The van der Waals surface area contributed by atoms with Crippen LogP contribution in [0.5, 0.6) is 0 Å². The Balaban J connectivity index is 2.01. The second-order valence-corrected chi connectivity index (χ2v) is 6.04. The number of halogens is 1. The molecule has 22 heavy (non-hydrogen) atoms. The monoisotopic (exact) mass is 315 g/mol. The maximum absolute atomic E-state index is 6.08. The lowest BCUT2D eigenvalue weighted by molar-refractivity contribution is -0.113. The van der Waals surface area contributed by atoms with Crippen LogP contribution in [0.3, 0.4) is 0 Å². The highest BCUT2D eigenvalue weighted by Crippen LogP contribution is 2.32. The zero-order chi connectivity index (χ0) is 15.7. The Labute approximate surface area is 135 Å². The van der Waals surface area contributed by atoms with E-state index in [4.69, 9.17) is 22.2 Å². The van der Waals surface area contributed by atoms with Crippen molar-refractivity contribution in [1.29, 1.82) is 0 Å². The number of nitrogens with two attached hydrogens (primary N) is 1. The van der Waals surface area contributed by atoms with Crippen molar-refractivity contribution in [2.75, 3.05) is 13.7 Å². The van der Waals surface area contributed by atoms with E-state index in [1.54, 1.807) is 7.05 Å². The van der Waals surface area contributed by atoms with E-state index in [2.05, 4.69) is 17.1 Å². The fraction of sp³-hybridized carbons (Fsp3) is 0.235. The van der Waals surface area contributed by atoms with Crippen LogP contribution in [0.2, 0.25) is 5.02 Å². The molecular formula is C17H18ClN3O. The van der Waals surface area contributed by atoms with E-state index >= 15 is 0 Å². The Morgan fingerprint density at radius 3 is 2.55 bits per heavy atom. The summed E-state index contributed by atoms with van der Waals surface area (Å²) in [5.41, 5.74) is 8.62. The number of benzene rings is 2. The van der Waals surface area contributed by atoms with Crippen LogP contribution in [-0.2, 0) is 10.4 Å². The van der Waals surface area contributed by atoms with Crippen molar-refractivity contribution in [2.24, 2.45) is 10.7 Å². The van der Waals surface area contributed by atoms with Gasteiger partial charge in [-0.05, 0) is 41.8 Å². The van der Waals surface area contributed by atoms with Crippen molar-refractivity contribution in [3.05, 3.63) is 59.1 Å². The number of hydrogen-bond acceptors (Lipinski definition) is 4. The van der Waals surface area contributed by atoms with E-state index in [0.717, 1.165) is 21.7 Å². The molecule has 0 radical (unpaired) electrons. The minimum absolute atomic E-state index is 0.377. The lowest BCUT2D eigenvalue weighted by atomic mass is 9.90. The van der Waals surface area contributed by atoms with Crippen LogP contribution >= 0.6 is 11.6 Å². The molecule has 0 aliphatic carbocycles. The smallest absolute Gasteiger partial charge is 0.216 e. The van der Waals surface area contributed by atoms with Gasteiger partial charge in [0.25, 0.3) is 0 Å². The first-order valence-electron chi connectivity index (χ1n) is 7.06. The normalized spacial score (nSPS) is 21.6. The first-order chi connectivity index (χ1) is 10.5. The summed E-state index contributed by atoms with van der Waals surface area (Å²) in [4.78, 5) is 10.2. The number of hydrogen-bond donors (Lipinski definition) is 1. The second-order valence-electron chi connectivity index (χ2n) is 5.61. The molecular weight excluding hydrogens is 298 g/mol. The molecule has 1 aliphatic rings. The molecule has 3 rings (SSSR count). The topological polar surface area (TPSA) is 50.8 Å². The van der Waals surface area contributed by atoms with Crippen molar-refractivity contribution >= 4 is 17.6 Å². The number of hydroxylamine groups is 2. The molecule has 1 unspecified atom stereocenters. The standard InChI is InChI=1S/C17H18ClN3O/c1-17(11-22-21(2)16(19)20-17)14-7-3-5-12(9-14)13-6-4-8-15(18)10-13/h3-10H,11H2,1-2H3,(H2,19,20). The van der Waals surface area contributed by atoms with Gasteiger partial charge in [-0.2, -0.15) is 0 Å². The van der Waals surface area contributed by atoms with Gasteiger partial charge in [0.05, 0.1) is 0 Å². The maximum Gasteiger partial charge on any atom is 0.216 e. The van der Waals surface area contributed by atoms with Crippen LogP contribution in [0.15, 0.2) is 53.5 Å². The number of guanidine groups is 1. The molecule has 2 aromatic carbocycles. The SMILES string of the molecule is CN1OCC(C)(c2cccc(-c3cccc(Cl)c3)c2)N=C1N. The van der Waals surface area contributed by atoms with Crippen molar-refractivity contribution in [3.63, 3.8) is 0 Å². The zero-order valence-corrected chi connectivity index (χ0v) is 13.3. The summed E-state index contributed by atoms with van der Waals surface area (Å²) in [7, 11) is 1.75. The second kappa shape index (κ2) is 5.63. The van der Waals surface area contributed by atoms with Crippen LogP contribution in [0.4, 0.5) is 0 Å². The Bertz CT molecular complexity index is 731. The van der Waals surface area contributed by atoms with Crippen molar-refractivity contribution in [2.45, 2.75) is 12.5 Å². The largest absolute Gasteiger partial charge is 0.368 e. The van der Waals surface area contributed by atoms with E-state index < -0.39 is 5.54 Å². The van der Waals surface area contributed by atoms with E-state index in [1.165, 1.54) is 5.06 Å². The molecule has 0 aromatic heterocycles. The minimum atomic E-state index is -0.495. The lowest BCUT2D eigenvalue weighted by Gasteiger charge is -2.34. The molecule has 0 saturated heterocycles. The minimum Gasteiger partial charge on any atom is -0.368 e. The molecule has 0 bridgehead atoms. The molecule has 4 nitrogen and oxygen atoms in total. The van der Waals surface area contributed by atoms with Gasteiger partial charge in [-0.25, -0.2) is 10.1 Å². The first-order valence-corrected chi connectivity index (χ1v) is 7.44. The Morgan fingerprint density at radius 1 is 1.18 bits per heavy atom. The summed E-state index contributed by atoms with van der Waals surface area (Å²) in [5.74, 6) is 0.377. The van der Waals surface area contributed by atoms with Crippen LogP contribution in [0.25, 0.3) is 11.1 Å². The van der Waals surface area contributed by atoms with Crippen LogP contribution < -0.4 is 5.73 Å². The molecule has 1 atom stereocenters. The van der Waals surface area contributed by atoms with E-state index in [1.807, 2.05) is 43.3 Å². The Morgan fingerprint density at radius 2 is 1.86 bits per heavy atom. The molecule has 0 fully saturated rings. The highest BCUT2D eigenvalue weighted by molar-refractivity contribution is 6.30. The average molecular weight is 316 g/mol. The number of nitrogens with zero attached hydrogens (tertiary/aromatic N) is 2. The first kappa shape index (κ1) is 14.9. The summed E-state index contributed by atoms with van der Waals surface area (Å²) >= 11 is 6.08. The van der Waals surface area contributed by atoms with Crippen LogP contribution in [0, 0.1) is 0 Å². The summed E-state index contributed by atoms with van der Waals surface area (Å²) in [5, 5.41) is 2.21. The molecule has 1 aliphatic heterocycles. The molecule has 5 heteroatoms. The fourth-order valence-electron chi connectivity index (χ4n) is 2.49. The molecule has 0 spiro atoms. The van der Waals surface area contributed by atoms with Gasteiger partial charge in [0.2, 0.25) is 5.96 Å². The Kier molecular flexibility index (Phi) is 3.81. The van der Waals surface area contributed by atoms with Gasteiger partial charge in [0.15, 0.2) is 0 Å². The third-order valence-corrected chi connectivity index (χ3v) is 4.10. The van der Waals surface area contributed by atoms with Gasteiger partial charge in [0.1, 0.15) is 12.1 Å². The molecule has 0 saturated carbocycles. The van der Waals surface area contributed by atoms with Gasteiger partial charge in [-0.3, -0.25) is 4.84 Å². The molecule has 0 amide bonds. The van der Waals surface area contributed by atoms with E-state index in [-0.39, 0.29) is 0 Å². The highest BCUT2D eigenvalue weighted by Gasteiger charge is 2.32. The Hall–Kier alpha value is -2.04. The lowest BCUT2D eigenvalue weighted by Crippen LogP contribution is -2.45. The molecule has 2 aromatic rings.